The Hall–Kier alpha value is -3.03. The van der Waals surface area contributed by atoms with Crippen LogP contribution < -0.4 is 20.7 Å². The monoisotopic (exact) mass is 430 g/mol. The highest BCUT2D eigenvalue weighted by Gasteiger charge is 2.22. The molecule has 168 valence electrons. The maximum absolute atomic E-state index is 14.3. The van der Waals surface area contributed by atoms with Crippen LogP contribution in [-0.4, -0.2) is 38.6 Å². The molecule has 0 radical (unpaired) electrons. The molecule has 0 spiro atoms. The first kappa shape index (κ1) is 22.7. The molecule has 31 heavy (non-hydrogen) atoms. The summed E-state index contributed by atoms with van der Waals surface area (Å²) in [6.07, 6.45) is 4.55. The highest BCUT2D eigenvalue weighted by molar-refractivity contribution is 5.92. The zero-order chi connectivity index (χ0) is 22.2. The summed E-state index contributed by atoms with van der Waals surface area (Å²) in [6, 6.07) is 6.67. The zero-order valence-corrected chi connectivity index (χ0v) is 18.3. The number of halogens is 1. The molecule has 3 rings (SSSR count). The number of carbonyl (C=O) groups is 1. The van der Waals surface area contributed by atoms with Crippen molar-refractivity contribution in [1.82, 2.24) is 16.0 Å². The van der Waals surface area contributed by atoms with Gasteiger partial charge >= 0.3 is 0 Å². The van der Waals surface area contributed by atoms with Gasteiger partial charge < -0.3 is 25.1 Å². The lowest BCUT2D eigenvalue weighted by Gasteiger charge is -2.19. The number of guanidine groups is 1. The van der Waals surface area contributed by atoms with Crippen molar-refractivity contribution in [2.24, 2.45) is 10.9 Å². The van der Waals surface area contributed by atoms with Crippen LogP contribution in [0, 0.1) is 18.7 Å². The largest absolute Gasteiger partial charge is 0.490 e. The fourth-order valence-electron chi connectivity index (χ4n) is 3.06. The highest BCUT2D eigenvalue weighted by Crippen LogP contribution is 2.30. The minimum atomic E-state index is -0.350. The molecule has 3 N–H and O–H groups in total. The van der Waals surface area contributed by atoms with Gasteiger partial charge in [-0.1, -0.05) is 6.07 Å². The molecule has 1 amide bonds. The zero-order valence-electron chi connectivity index (χ0n) is 18.3. The maximum Gasteiger partial charge on any atom is 0.287 e. The van der Waals surface area contributed by atoms with Crippen LogP contribution in [0.5, 0.6) is 5.75 Å². The van der Waals surface area contributed by atoms with Crippen molar-refractivity contribution in [3.8, 4) is 5.75 Å². The molecule has 1 unspecified atom stereocenters. The van der Waals surface area contributed by atoms with E-state index in [1.165, 1.54) is 25.2 Å². The Morgan fingerprint density at radius 3 is 2.71 bits per heavy atom. The van der Waals surface area contributed by atoms with Gasteiger partial charge in [-0.2, -0.15) is 0 Å². The number of amides is 1. The van der Waals surface area contributed by atoms with Crippen LogP contribution >= 0.6 is 0 Å². The summed E-state index contributed by atoms with van der Waals surface area (Å²) in [5.74, 6) is 1.27. The Bertz CT molecular complexity index is 908. The van der Waals surface area contributed by atoms with Gasteiger partial charge in [-0.25, -0.2) is 4.39 Å². The van der Waals surface area contributed by atoms with Gasteiger partial charge in [0.25, 0.3) is 5.91 Å². The summed E-state index contributed by atoms with van der Waals surface area (Å²) in [6.45, 7) is 5.48. The Balaban J connectivity index is 1.39. The minimum Gasteiger partial charge on any atom is -0.490 e. The van der Waals surface area contributed by atoms with E-state index in [4.69, 9.17) is 9.15 Å². The lowest BCUT2D eigenvalue weighted by Crippen LogP contribution is -2.40. The van der Waals surface area contributed by atoms with Crippen molar-refractivity contribution in [2.45, 2.75) is 39.2 Å². The van der Waals surface area contributed by atoms with Crippen molar-refractivity contribution in [1.29, 1.82) is 0 Å². The number of nitrogens with zero attached hydrogens (tertiary/aromatic N) is 1. The first-order valence-electron chi connectivity index (χ1n) is 10.7. The molecule has 1 aromatic carbocycles. The molecule has 7 nitrogen and oxygen atoms in total. The number of rotatable bonds is 10. The van der Waals surface area contributed by atoms with Crippen LogP contribution in [0.1, 0.15) is 53.9 Å². The Labute approximate surface area is 182 Å². The number of hydrogen-bond acceptors (Lipinski definition) is 4. The van der Waals surface area contributed by atoms with Gasteiger partial charge in [0.05, 0.1) is 18.9 Å². The summed E-state index contributed by atoms with van der Waals surface area (Å²) in [5, 5.41) is 9.28. The fourth-order valence-corrected chi connectivity index (χ4v) is 3.06. The third kappa shape index (κ3) is 6.73. The van der Waals surface area contributed by atoms with Crippen molar-refractivity contribution < 1.29 is 18.3 Å². The van der Waals surface area contributed by atoms with Crippen molar-refractivity contribution in [2.75, 3.05) is 26.7 Å². The number of nitrogens with one attached hydrogen (secondary N) is 3. The molecule has 1 atom stereocenters. The Kier molecular flexibility index (Phi) is 7.92. The average Bonchev–Trinajstić information content (AvgIpc) is 3.49. The maximum atomic E-state index is 14.3. The number of benzene rings is 1. The number of carbonyl (C=O) groups excluding carboxylic acids is 1. The van der Waals surface area contributed by atoms with E-state index in [1.54, 1.807) is 19.2 Å². The third-order valence-corrected chi connectivity index (χ3v) is 5.20. The van der Waals surface area contributed by atoms with Crippen LogP contribution in [-0.2, 0) is 0 Å². The second kappa shape index (κ2) is 10.8. The second-order valence-corrected chi connectivity index (χ2v) is 7.85. The van der Waals surface area contributed by atoms with Crippen LogP contribution in [0.4, 0.5) is 4.39 Å². The highest BCUT2D eigenvalue weighted by atomic mass is 19.1. The van der Waals surface area contributed by atoms with Crippen LogP contribution in [0.25, 0.3) is 0 Å². The lowest BCUT2D eigenvalue weighted by molar-refractivity contribution is 0.0925. The van der Waals surface area contributed by atoms with Crippen LogP contribution in [0.2, 0.25) is 0 Å². The predicted molar refractivity (Wildman–Crippen MR) is 118 cm³/mol. The first-order chi connectivity index (χ1) is 15.0. The molecule has 0 bridgehead atoms. The van der Waals surface area contributed by atoms with Crippen molar-refractivity contribution in [3.05, 3.63) is 53.2 Å². The van der Waals surface area contributed by atoms with Gasteiger partial charge in [0.1, 0.15) is 0 Å². The fraction of sp³-hybridized carbons (Fsp3) is 0.478. The summed E-state index contributed by atoms with van der Waals surface area (Å²) >= 11 is 0. The number of furan rings is 1. The van der Waals surface area contributed by atoms with Gasteiger partial charge in [0.15, 0.2) is 23.3 Å². The molecule has 1 aliphatic carbocycles. The van der Waals surface area contributed by atoms with Gasteiger partial charge in [-0.3, -0.25) is 9.79 Å². The Morgan fingerprint density at radius 1 is 1.29 bits per heavy atom. The smallest absolute Gasteiger partial charge is 0.287 e. The molecular formula is C23H31FN4O3. The second-order valence-electron chi connectivity index (χ2n) is 7.85. The molecule has 8 heteroatoms. The molecular weight excluding hydrogens is 399 g/mol. The van der Waals surface area contributed by atoms with Gasteiger partial charge in [-0.05, 0) is 62.8 Å². The quantitative estimate of drug-likeness (QED) is 0.305. The minimum absolute atomic E-state index is 0.139. The van der Waals surface area contributed by atoms with E-state index >= 15 is 0 Å². The summed E-state index contributed by atoms with van der Waals surface area (Å²) in [7, 11) is 1.68. The topological polar surface area (TPSA) is 87.9 Å². The molecule has 0 saturated heterocycles. The Morgan fingerprint density at radius 2 is 2.06 bits per heavy atom. The number of ether oxygens (including phenoxy) is 1. The van der Waals surface area contributed by atoms with E-state index in [2.05, 4.69) is 20.9 Å². The first-order valence-corrected chi connectivity index (χ1v) is 10.7. The van der Waals surface area contributed by atoms with E-state index in [9.17, 15) is 9.18 Å². The normalized spacial score (nSPS) is 14.8. The lowest BCUT2D eigenvalue weighted by atomic mass is 10.1. The van der Waals surface area contributed by atoms with Crippen molar-refractivity contribution >= 4 is 11.9 Å². The molecule has 1 saturated carbocycles. The summed E-state index contributed by atoms with van der Waals surface area (Å²) in [4.78, 5) is 16.2. The van der Waals surface area contributed by atoms with E-state index in [-0.39, 0.29) is 17.8 Å². The van der Waals surface area contributed by atoms with Crippen LogP contribution in [0.3, 0.4) is 0 Å². The summed E-state index contributed by atoms with van der Waals surface area (Å²) in [5.41, 5.74) is 1.62. The third-order valence-electron chi connectivity index (χ3n) is 5.20. The average molecular weight is 431 g/mol. The molecule has 1 fully saturated rings. The van der Waals surface area contributed by atoms with Gasteiger partial charge in [0, 0.05) is 25.7 Å². The standard InChI is InChI=1S/C23H31FN4O3/c1-15-9-12-30-21(15)22(29)26-10-4-11-27-23(25-3)28-16(2)18-7-8-20(19(24)13-18)31-14-17-5-6-17/h7-9,12-13,16-17H,4-6,10-11,14H2,1-3H3,(H,26,29)(H2,25,27,28). The van der Waals surface area contributed by atoms with E-state index in [0.717, 1.165) is 11.1 Å². The molecule has 1 heterocycles. The number of aliphatic imine (C=N–C) groups is 1. The van der Waals surface area contributed by atoms with Crippen LogP contribution in [0.15, 0.2) is 39.9 Å². The van der Waals surface area contributed by atoms with Gasteiger partial charge in [0.2, 0.25) is 0 Å². The summed E-state index contributed by atoms with van der Waals surface area (Å²) < 4.78 is 25.1. The van der Waals surface area contributed by atoms with E-state index < -0.39 is 0 Å². The number of hydrogen-bond donors (Lipinski definition) is 3. The van der Waals surface area contributed by atoms with E-state index in [1.807, 2.05) is 19.9 Å². The number of aryl methyl sites for hydroxylation is 1. The SMILES string of the molecule is CN=C(NCCCNC(=O)c1occc1C)NC(C)c1ccc(OCC2CC2)c(F)c1. The molecule has 2 aromatic rings. The molecule has 0 aliphatic heterocycles. The molecule has 1 aliphatic rings. The molecule has 1 aromatic heterocycles. The van der Waals surface area contributed by atoms with E-state index in [0.29, 0.717) is 49.5 Å². The van der Waals surface area contributed by atoms with Gasteiger partial charge in [-0.15, -0.1) is 0 Å². The van der Waals surface area contributed by atoms with Crippen molar-refractivity contribution in [3.63, 3.8) is 0 Å². The predicted octanol–water partition coefficient (Wildman–Crippen LogP) is 3.56.